The van der Waals surface area contributed by atoms with Gasteiger partial charge >= 0.3 is 11.9 Å². The second-order valence-corrected chi connectivity index (χ2v) is 10.1. The van der Waals surface area contributed by atoms with Crippen molar-refractivity contribution in [2.45, 2.75) is 64.1 Å². The van der Waals surface area contributed by atoms with E-state index in [9.17, 15) is 38.7 Å². The maximum Gasteiger partial charge on any atom is 0.303 e. The zero-order chi connectivity index (χ0) is 24.0. The van der Waals surface area contributed by atoms with Crippen LogP contribution in [0.5, 0.6) is 0 Å². The van der Waals surface area contributed by atoms with Crippen molar-refractivity contribution in [1.82, 2.24) is 0 Å². The third-order valence-corrected chi connectivity index (χ3v) is 6.51. The number of hydrogen-bond acceptors (Lipinski definition) is 14. The molecule has 2 N–H and O–H groups in total. The minimum Gasteiger partial charge on any atom is -0.756 e. The van der Waals surface area contributed by atoms with Gasteiger partial charge in [0.25, 0.3) is 15.6 Å². The van der Waals surface area contributed by atoms with Crippen molar-refractivity contribution in [1.29, 1.82) is 0 Å². The van der Waals surface area contributed by atoms with Gasteiger partial charge in [-0.3, -0.25) is 18.7 Å². The first kappa shape index (κ1) is 28.1. The van der Waals surface area contributed by atoms with Gasteiger partial charge in [-0.05, 0) is 13.8 Å². The second-order valence-electron chi connectivity index (χ2n) is 7.12. The first-order chi connectivity index (χ1) is 14.0. The standard InChI is InChI=1S/C15H28O14P2/c1-9(16)24-7-11(27-10(2)17)8-26-31(22,23)29-30(20,21)25-6-5-12-13(18)14(19)15(3,4)28-12/h11-14,18-19H,5-8H2,1-4H3,(H,20,21)(H,22,23)/p-2. The lowest BCUT2D eigenvalue weighted by molar-refractivity contribution is -0.245. The third kappa shape index (κ3) is 10.0. The fourth-order valence-corrected chi connectivity index (χ4v) is 4.59. The van der Waals surface area contributed by atoms with E-state index in [4.69, 9.17) is 9.47 Å². The molecule has 0 amide bonds. The zero-order valence-electron chi connectivity index (χ0n) is 17.3. The fourth-order valence-electron chi connectivity index (χ4n) is 2.56. The molecule has 0 aliphatic carbocycles. The van der Waals surface area contributed by atoms with Gasteiger partial charge in [-0.2, -0.15) is 0 Å². The average molecular weight is 492 g/mol. The van der Waals surface area contributed by atoms with Crippen LogP contribution in [0, 0.1) is 0 Å². The summed E-state index contributed by atoms with van der Waals surface area (Å²) in [5, 5.41) is 19.7. The predicted molar refractivity (Wildman–Crippen MR) is 96.0 cm³/mol. The zero-order valence-corrected chi connectivity index (χ0v) is 19.1. The van der Waals surface area contributed by atoms with E-state index in [1.807, 2.05) is 0 Å². The summed E-state index contributed by atoms with van der Waals surface area (Å²) in [6.07, 6.45) is -4.99. The van der Waals surface area contributed by atoms with Gasteiger partial charge in [0.2, 0.25) is 0 Å². The SMILES string of the molecule is CC(=O)OCC(COP(=O)([O-])OP(=O)([O-])OCCC1OC(C)(C)C(O)C1O)OC(C)=O. The molecule has 14 nitrogen and oxygen atoms in total. The number of hydrogen-bond donors (Lipinski definition) is 2. The van der Waals surface area contributed by atoms with Crippen LogP contribution in [0.2, 0.25) is 0 Å². The van der Waals surface area contributed by atoms with Gasteiger partial charge < -0.3 is 43.3 Å². The lowest BCUT2D eigenvalue weighted by Gasteiger charge is -2.31. The van der Waals surface area contributed by atoms with Crippen molar-refractivity contribution < 1.29 is 66.3 Å². The Morgan fingerprint density at radius 3 is 2.13 bits per heavy atom. The van der Waals surface area contributed by atoms with Crippen LogP contribution in [0.1, 0.15) is 34.1 Å². The lowest BCUT2D eigenvalue weighted by atomic mass is 9.98. The highest BCUT2D eigenvalue weighted by Gasteiger charge is 2.47. The summed E-state index contributed by atoms with van der Waals surface area (Å²) in [6, 6.07) is 0. The van der Waals surface area contributed by atoms with Crippen LogP contribution in [0.15, 0.2) is 0 Å². The van der Waals surface area contributed by atoms with E-state index < -0.39 is 77.4 Å². The molecule has 0 radical (unpaired) electrons. The largest absolute Gasteiger partial charge is 0.756 e. The summed E-state index contributed by atoms with van der Waals surface area (Å²) in [7, 11) is -10.9. The molecule has 1 saturated heterocycles. The van der Waals surface area contributed by atoms with Gasteiger partial charge in [-0.1, -0.05) is 0 Å². The molecule has 6 unspecified atom stereocenters. The van der Waals surface area contributed by atoms with Crippen LogP contribution in [0.4, 0.5) is 0 Å². The maximum atomic E-state index is 11.8. The molecule has 1 fully saturated rings. The molecule has 1 rings (SSSR count). The minimum absolute atomic E-state index is 0.196. The topological polar surface area (TPSA) is 210 Å². The van der Waals surface area contributed by atoms with Gasteiger partial charge in [0, 0.05) is 20.3 Å². The number of phosphoric ester groups is 2. The van der Waals surface area contributed by atoms with Crippen molar-refractivity contribution in [2.75, 3.05) is 19.8 Å². The Bertz CT molecular complexity index is 725. The summed E-state index contributed by atoms with van der Waals surface area (Å²) < 4.78 is 50.9. The summed E-state index contributed by atoms with van der Waals surface area (Å²) >= 11 is 0. The lowest BCUT2D eigenvalue weighted by Crippen LogP contribution is -2.37. The molecule has 0 aromatic carbocycles. The molecular weight excluding hydrogens is 466 g/mol. The Balaban J connectivity index is 2.53. The van der Waals surface area contributed by atoms with E-state index in [1.165, 1.54) is 13.8 Å². The molecule has 0 bridgehead atoms. The van der Waals surface area contributed by atoms with E-state index in [1.54, 1.807) is 0 Å². The Kier molecular flexibility index (Phi) is 10.2. The smallest absolute Gasteiger partial charge is 0.303 e. The van der Waals surface area contributed by atoms with Gasteiger partial charge in [0.15, 0.2) is 6.10 Å². The second kappa shape index (κ2) is 11.3. The minimum atomic E-state index is -5.47. The molecule has 0 spiro atoms. The summed E-state index contributed by atoms with van der Waals surface area (Å²) in [6.45, 7) is 3.09. The number of aliphatic hydroxyl groups excluding tert-OH is 2. The molecule has 1 aliphatic heterocycles. The molecule has 16 heteroatoms. The summed E-state index contributed by atoms with van der Waals surface area (Å²) in [4.78, 5) is 45.3. The number of carbonyl (C=O) groups excluding carboxylic acids is 2. The fraction of sp³-hybridized carbons (Fsp3) is 0.867. The highest BCUT2D eigenvalue weighted by atomic mass is 31.3. The van der Waals surface area contributed by atoms with Crippen molar-refractivity contribution >= 4 is 27.6 Å². The molecule has 0 aromatic rings. The molecule has 1 aliphatic rings. The van der Waals surface area contributed by atoms with Gasteiger partial charge in [-0.25, -0.2) is 4.31 Å². The number of ether oxygens (including phenoxy) is 3. The van der Waals surface area contributed by atoms with E-state index in [0.717, 1.165) is 13.8 Å². The van der Waals surface area contributed by atoms with Crippen LogP contribution in [0.25, 0.3) is 0 Å². The molecule has 182 valence electrons. The van der Waals surface area contributed by atoms with Crippen molar-refractivity contribution in [3.8, 4) is 0 Å². The first-order valence-corrected chi connectivity index (χ1v) is 11.9. The number of aliphatic hydroxyl groups is 2. The summed E-state index contributed by atoms with van der Waals surface area (Å²) in [5.41, 5.74) is -1.06. The van der Waals surface area contributed by atoms with Crippen LogP contribution in [0.3, 0.4) is 0 Å². The van der Waals surface area contributed by atoms with Gasteiger partial charge in [-0.15, -0.1) is 0 Å². The normalized spacial score (nSPS) is 27.7. The Labute approximate surface area is 178 Å². The van der Waals surface area contributed by atoms with Crippen LogP contribution < -0.4 is 9.79 Å². The Morgan fingerprint density at radius 1 is 1.06 bits per heavy atom. The van der Waals surface area contributed by atoms with Crippen molar-refractivity contribution in [3.63, 3.8) is 0 Å². The van der Waals surface area contributed by atoms with Crippen molar-refractivity contribution in [3.05, 3.63) is 0 Å². The third-order valence-electron chi connectivity index (χ3n) is 3.95. The van der Waals surface area contributed by atoms with Crippen LogP contribution in [-0.2, 0) is 46.3 Å². The highest BCUT2D eigenvalue weighted by Crippen LogP contribution is 2.55. The van der Waals surface area contributed by atoms with E-state index in [2.05, 4.69) is 18.1 Å². The van der Waals surface area contributed by atoms with Crippen molar-refractivity contribution in [2.24, 2.45) is 0 Å². The van der Waals surface area contributed by atoms with Gasteiger partial charge in [0.1, 0.15) is 18.8 Å². The Morgan fingerprint density at radius 2 is 1.65 bits per heavy atom. The predicted octanol–water partition coefficient (Wildman–Crippen LogP) is -1.24. The number of carbonyl (C=O) groups is 2. The maximum absolute atomic E-state index is 11.8. The molecule has 1 heterocycles. The Hall–Kier alpha value is -0.920. The number of rotatable bonds is 12. The van der Waals surface area contributed by atoms with E-state index in [0.29, 0.717) is 0 Å². The number of esters is 2. The molecule has 6 atom stereocenters. The molecule has 0 saturated carbocycles. The molecule has 0 aromatic heterocycles. The first-order valence-electron chi connectivity index (χ1n) is 9.02. The highest BCUT2D eigenvalue weighted by molar-refractivity contribution is 7.59. The van der Waals surface area contributed by atoms with Crippen LogP contribution >= 0.6 is 15.6 Å². The average Bonchev–Trinajstić information content (AvgIpc) is 2.78. The quantitative estimate of drug-likeness (QED) is 0.241. The molecular formula is C15H26O14P2-2. The monoisotopic (exact) mass is 492 g/mol. The summed E-state index contributed by atoms with van der Waals surface area (Å²) in [5.74, 6) is -1.56. The molecule has 31 heavy (non-hydrogen) atoms. The van der Waals surface area contributed by atoms with Crippen LogP contribution in [-0.4, -0.2) is 72.0 Å². The van der Waals surface area contributed by atoms with E-state index >= 15 is 0 Å². The van der Waals surface area contributed by atoms with E-state index in [-0.39, 0.29) is 6.42 Å². The number of phosphoric acid groups is 2. The van der Waals surface area contributed by atoms with Gasteiger partial charge in [0.05, 0.1) is 24.9 Å².